The molecule has 0 amide bonds. The number of likely N-dealkylation sites (N-methyl/N-ethyl adjacent to an activating group) is 2. The van der Waals surface area contributed by atoms with Crippen molar-refractivity contribution in [1.82, 2.24) is 10.2 Å². The third-order valence-corrected chi connectivity index (χ3v) is 4.65. The van der Waals surface area contributed by atoms with Crippen LogP contribution in [0, 0.1) is 0 Å². The van der Waals surface area contributed by atoms with E-state index in [1.54, 1.807) is 0 Å². The largest absolute Gasteiger partial charge is 0.373 e. The summed E-state index contributed by atoms with van der Waals surface area (Å²) in [7, 11) is 6.48. The van der Waals surface area contributed by atoms with E-state index in [9.17, 15) is 0 Å². The van der Waals surface area contributed by atoms with Crippen LogP contribution in [0.25, 0.3) is 0 Å². The van der Waals surface area contributed by atoms with E-state index in [1.165, 1.54) is 30.6 Å². The molecule has 0 radical (unpaired) electrons. The lowest BCUT2D eigenvalue weighted by atomic mass is 10.0. The van der Waals surface area contributed by atoms with Crippen LogP contribution in [-0.2, 0) is 0 Å². The molecule has 0 aliphatic carbocycles. The maximum atomic E-state index is 3.36. The lowest BCUT2D eigenvalue weighted by Gasteiger charge is -2.27. The molecule has 1 aliphatic rings. The lowest BCUT2D eigenvalue weighted by Crippen LogP contribution is -2.36. The van der Waals surface area contributed by atoms with E-state index in [0.29, 0.717) is 12.1 Å². The zero-order chi connectivity index (χ0) is 14.5. The predicted molar refractivity (Wildman–Crippen MR) is 87.5 cm³/mol. The van der Waals surface area contributed by atoms with Gasteiger partial charge in [0.2, 0.25) is 0 Å². The van der Waals surface area contributed by atoms with Crippen molar-refractivity contribution < 1.29 is 0 Å². The summed E-state index contributed by atoms with van der Waals surface area (Å²) >= 11 is 0. The molecule has 1 aromatic carbocycles. The molecule has 1 aromatic rings. The zero-order valence-corrected chi connectivity index (χ0v) is 13.4. The van der Waals surface area contributed by atoms with Gasteiger partial charge in [0.25, 0.3) is 0 Å². The quantitative estimate of drug-likeness (QED) is 0.861. The van der Waals surface area contributed by atoms with Crippen LogP contribution >= 0.6 is 0 Å². The Morgan fingerprint density at radius 1 is 1.35 bits per heavy atom. The van der Waals surface area contributed by atoms with Crippen molar-refractivity contribution in [3.63, 3.8) is 0 Å². The van der Waals surface area contributed by atoms with Gasteiger partial charge in [0.1, 0.15) is 0 Å². The van der Waals surface area contributed by atoms with Gasteiger partial charge in [-0.2, -0.15) is 0 Å². The Bertz CT molecular complexity index is 397. The Labute approximate surface area is 124 Å². The topological polar surface area (TPSA) is 18.5 Å². The minimum atomic E-state index is 0.468. The molecule has 2 rings (SSSR count). The number of hydrogen-bond acceptors (Lipinski definition) is 3. The number of rotatable bonds is 6. The van der Waals surface area contributed by atoms with E-state index in [1.807, 2.05) is 7.05 Å². The van der Waals surface area contributed by atoms with Crippen LogP contribution in [0.15, 0.2) is 24.3 Å². The fraction of sp³-hybridized carbons (Fsp3) is 0.647. The predicted octanol–water partition coefficient (Wildman–Crippen LogP) is 2.89. The molecule has 1 aliphatic heterocycles. The number of hydrogen-bond donors (Lipinski definition) is 1. The van der Waals surface area contributed by atoms with E-state index in [4.69, 9.17) is 0 Å². The molecule has 1 fully saturated rings. The molecule has 0 saturated carbocycles. The van der Waals surface area contributed by atoms with Gasteiger partial charge in [-0.05, 0) is 57.6 Å². The van der Waals surface area contributed by atoms with Crippen molar-refractivity contribution >= 4 is 5.69 Å². The van der Waals surface area contributed by atoms with E-state index in [2.05, 4.69) is 60.4 Å². The summed E-state index contributed by atoms with van der Waals surface area (Å²) in [5, 5.41) is 3.36. The second kappa shape index (κ2) is 7.09. The van der Waals surface area contributed by atoms with Gasteiger partial charge in [-0.1, -0.05) is 19.1 Å². The van der Waals surface area contributed by atoms with E-state index in [0.717, 1.165) is 13.0 Å². The Kier molecular flexibility index (Phi) is 5.44. The fourth-order valence-corrected chi connectivity index (χ4v) is 3.20. The number of anilines is 1. The van der Waals surface area contributed by atoms with Crippen molar-refractivity contribution in [3.8, 4) is 0 Å². The normalized spacial score (nSPS) is 21.1. The van der Waals surface area contributed by atoms with Gasteiger partial charge in [-0.25, -0.2) is 0 Å². The summed E-state index contributed by atoms with van der Waals surface area (Å²) < 4.78 is 0. The lowest BCUT2D eigenvalue weighted by molar-refractivity contribution is 0.314. The Morgan fingerprint density at radius 2 is 2.05 bits per heavy atom. The van der Waals surface area contributed by atoms with Crippen molar-refractivity contribution in [2.45, 2.75) is 38.3 Å². The number of benzene rings is 1. The van der Waals surface area contributed by atoms with Gasteiger partial charge in [0, 0.05) is 31.4 Å². The fourth-order valence-electron chi connectivity index (χ4n) is 3.20. The van der Waals surface area contributed by atoms with Crippen molar-refractivity contribution in [2.24, 2.45) is 0 Å². The van der Waals surface area contributed by atoms with Crippen LogP contribution in [0.5, 0.6) is 0 Å². The second-order valence-corrected chi connectivity index (χ2v) is 6.00. The minimum Gasteiger partial charge on any atom is -0.373 e. The smallest absolute Gasteiger partial charge is 0.0364 e. The summed E-state index contributed by atoms with van der Waals surface area (Å²) in [5.74, 6) is 0. The molecule has 3 nitrogen and oxygen atoms in total. The average Bonchev–Trinajstić information content (AvgIpc) is 2.86. The van der Waals surface area contributed by atoms with Gasteiger partial charge >= 0.3 is 0 Å². The summed E-state index contributed by atoms with van der Waals surface area (Å²) in [6, 6.07) is 10.2. The minimum absolute atomic E-state index is 0.468. The first-order valence-electron chi connectivity index (χ1n) is 7.84. The molecular weight excluding hydrogens is 246 g/mol. The maximum Gasteiger partial charge on any atom is 0.0364 e. The van der Waals surface area contributed by atoms with Crippen molar-refractivity contribution in [3.05, 3.63) is 29.8 Å². The first kappa shape index (κ1) is 15.3. The highest BCUT2D eigenvalue weighted by atomic mass is 15.2. The summed E-state index contributed by atoms with van der Waals surface area (Å²) in [5.41, 5.74) is 2.70. The van der Waals surface area contributed by atoms with Crippen LogP contribution in [-0.4, -0.2) is 45.2 Å². The Morgan fingerprint density at radius 3 is 2.55 bits per heavy atom. The van der Waals surface area contributed by atoms with E-state index < -0.39 is 0 Å². The first-order valence-corrected chi connectivity index (χ1v) is 7.84. The molecule has 1 heterocycles. The molecule has 0 spiro atoms. The van der Waals surface area contributed by atoms with Crippen LogP contribution < -0.4 is 10.2 Å². The van der Waals surface area contributed by atoms with Crippen molar-refractivity contribution in [1.29, 1.82) is 0 Å². The number of nitrogens with zero attached hydrogens (tertiary/aromatic N) is 2. The Balaban J connectivity index is 1.98. The van der Waals surface area contributed by atoms with Gasteiger partial charge in [0.15, 0.2) is 0 Å². The molecule has 0 bridgehead atoms. The van der Waals surface area contributed by atoms with Gasteiger partial charge in [0.05, 0.1) is 0 Å². The highest BCUT2D eigenvalue weighted by Gasteiger charge is 2.22. The SMILES string of the molecule is CCC(NC)c1ccc(N(C)CC2CCCN2C)cc1. The molecule has 112 valence electrons. The number of nitrogens with one attached hydrogen (secondary N) is 1. The second-order valence-electron chi connectivity index (χ2n) is 6.00. The van der Waals surface area contributed by atoms with Gasteiger partial charge < -0.3 is 15.1 Å². The first-order chi connectivity index (χ1) is 9.65. The third kappa shape index (κ3) is 3.53. The van der Waals surface area contributed by atoms with Crippen LogP contribution in [0.2, 0.25) is 0 Å². The van der Waals surface area contributed by atoms with Crippen LogP contribution in [0.1, 0.15) is 37.8 Å². The summed E-state index contributed by atoms with van der Waals surface area (Å²) in [6.45, 7) is 4.59. The molecule has 1 N–H and O–H groups in total. The van der Waals surface area contributed by atoms with Gasteiger partial charge in [-0.15, -0.1) is 0 Å². The van der Waals surface area contributed by atoms with E-state index >= 15 is 0 Å². The summed E-state index contributed by atoms with van der Waals surface area (Å²) in [6.07, 6.45) is 3.80. The average molecular weight is 275 g/mol. The highest BCUT2D eigenvalue weighted by molar-refractivity contribution is 5.47. The molecule has 1 saturated heterocycles. The van der Waals surface area contributed by atoms with Crippen LogP contribution in [0.3, 0.4) is 0 Å². The third-order valence-electron chi connectivity index (χ3n) is 4.65. The molecule has 20 heavy (non-hydrogen) atoms. The molecule has 2 unspecified atom stereocenters. The molecular formula is C17H29N3. The highest BCUT2D eigenvalue weighted by Crippen LogP contribution is 2.22. The van der Waals surface area contributed by atoms with Crippen LogP contribution in [0.4, 0.5) is 5.69 Å². The van der Waals surface area contributed by atoms with Crippen molar-refractivity contribution in [2.75, 3.05) is 39.1 Å². The molecule has 0 aromatic heterocycles. The zero-order valence-electron chi connectivity index (χ0n) is 13.4. The maximum absolute atomic E-state index is 3.36. The number of likely N-dealkylation sites (tertiary alicyclic amines) is 1. The van der Waals surface area contributed by atoms with E-state index in [-0.39, 0.29) is 0 Å². The standard InChI is InChI=1S/C17H29N3/c1-5-17(18-2)14-8-10-15(11-9-14)20(4)13-16-7-6-12-19(16)3/h8-11,16-18H,5-7,12-13H2,1-4H3. The Hall–Kier alpha value is -1.06. The molecule has 3 heteroatoms. The summed E-state index contributed by atoms with van der Waals surface area (Å²) in [4.78, 5) is 4.87. The monoisotopic (exact) mass is 275 g/mol. The molecule has 2 atom stereocenters. The van der Waals surface area contributed by atoms with Gasteiger partial charge in [-0.3, -0.25) is 0 Å².